The van der Waals surface area contributed by atoms with E-state index in [1.165, 1.54) is 11.3 Å². The number of thiophene rings is 1. The molecule has 1 aromatic heterocycles. The Hall–Kier alpha value is -1.07. The van der Waals surface area contributed by atoms with Crippen molar-refractivity contribution >= 4 is 22.3 Å². The number of carboxylic acid groups (broad SMARTS) is 1. The van der Waals surface area contributed by atoms with Crippen LogP contribution in [0, 0.1) is 0 Å². The Kier molecular flexibility index (Phi) is 5.44. The molecule has 0 unspecified atom stereocenters. The Morgan fingerprint density at radius 3 is 2.47 bits per heavy atom. The molecule has 0 radical (unpaired) electrons. The van der Waals surface area contributed by atoms with Gasteiger partial charge in [0.2, 0.25) is 0 Å². The van der Waals surface area contributed by atoms with Gasteiger partial charge in [-0.05, 0) is 32.6 Å². The lowest BCUT2D eigenvalue weighted by atomic mass is 10.4. The summed E-state index contributed by atoms with van der Waals surface area (Å²) in [6.07, 6.45) is 1.06. The Labute approximate surface area is 106 Å². The molecule has 96 valence electrons. The van der Waals surface area contributed by atoms with E-state index in [2.05, 4.69) is 16.7 Å². The van der Waals surface area contributed by atoms with Gasteiger partial charge < -0.3 is 14.9 Å². The molecule has 0 aliphatic heterocycles. The van der Waals surface area contributed by atoms with Crippen molar-refractivity contribution in [1.29, 1.82) is 0 Å². The first-order valence-corrected chi connectivity index (χ1v) is 6.59. The summed E-state index contributed by atoms with van der Waals surface area (Å²) < 4.78 is 0. The van der Waals surface area contributed by atoms with Crippen LogP contribution in [0.2, 0.25) is 0 Å². The summed E-state index contributed by atoms with van der Waals surface area (Å²) in [6.45, 7) is 5.00. The first-order valence-electron chi connectivity index (χ1n) is 5.77. The first-order chi connectivity index (χ1) is 8.04. The van der Waals surface area contributed by atoms with Crippen molar-refractivity contribution in [2.45, 2.75) is 13.3 Å². The zero-order chi connectivity index (χ0) is 12.8. The molecule has 0 saturated carbocycles. The van der Waals surface area contributed by atoms with Gasteiger partial charge in [0.1, 0.15) is 4.88 Å². The molecule has 0 aliphatic rings. The minimum absolute atomic E-state index is 0.408. The normalized spacial score (nSPS) is 10.8. The largest absolute Gasteiger partial charge is 0.477 e. The van der Waals surface area contributed by atoms with Gasteiger partial charge in [-0.3, -0.25) is 0 Å². The van der Waals surface area contributed by atoms with Crippen LogP contribution in [0.3, 0.4) is 0 Å². The number of carboxylic acids is 1. The molecule has 0 fully saturated rings. The van der Waals surface area contributed by atoms with Crippen LogP contribution in [0.25, 0.3) is 0 Å². The number of nitrogens with zero attached hydrogens (tertiary/aromatic N) is 2. The van der Waals surface area contributed by atoms with Crippen molar-refractivity contribution in [3.05, 3.63) is 17.0 Å². The number of anilines is 1. The Morgan fingerprint density at radius 1 is 1.29 bits per heavy atom. The highest BCUT2D eigenvalue weighted by molar-refractivity contribution is 7.17. The number of carbonyl (C=O) groups is 1. The summed E-state index contributed by atoms with van der Waals surface area (Å²) >= 11 is 1.35. The van der Waals surface area contributed by atoms with E-state index in [4.69, 9.17) is 5.11 Å². The monoisotopic (exact) mass is 256 g/mol. The Bertz CT molecular complexity index is 363. The number of hydrogen-bond donors (Lipinski definition) is 1. The Morgan fingerprint density at radius 2 is 2.00 bits per heavy atom. The van der Waals surface area contributed by atoms with Crippen LogP contribution >= 0.6 is 11.3 Å². The maximum Gasteiger partial charge on any atom is 0.345 e. The van der Waals surface area contributed by atoms with E-state index in [1.54, 1.807) is 6.07 Å². The van der Waals surface area contributed by atoms with E-state index >= 15 is 0 Å². The second-order valence-electron chi connectivity index (χ2n) is 4.23. The van der Waals surface area contributed by atoms with E-state index in [-0.39, 0.29) is 0 Å². The average molecular weight is 256 g/mol. The zero-order valence-corrected chi connectivity index (χ0v) is 11.5. The summed E-state index contributed by atoms with van der Waals surface area (Å²) in [4.78, 5) is 15.6. The van der Waals surface area contributed by atoms with Gasteiger partial charge in [0.15, 0.2) is 0 Å². The van der Waals surface area contributed by atoms with Crippen molar-refractivity contribution in [3.63, 3.8) is 0 Å². The summed E-state index contributed by atoms with van der Waals surface area (Å²) in [7, 11) is 4.09. The minimum atomic E-state index is -0.842. The highest BCUT2D eigenvalue weighted by atomic mass is 32.1. The maximum absolute atomic E-state index is 10.8. The van der Waals surface area contributed by atoms with Crippen molar-refractivity contribution in [2.24, 2.45) is 0 Å². The predicted octanol–water partition coefficient (Wildman–Crippen LogP) is 2.22. The van der Waals surface area contributed by atoms with E-state index in [1.807, 2.05) is 20.2 Å². The summed E-state index contributed by atoms with van der Waals surface area (Å²) in [5, 5.41) is 9.96. The molecule has 0 amide bonds. The highest BCUT2D eigenvalue weighted by Gasteiger charge is 2.12. The third-order valence-electron chi connectivity index (χ3n) is 2.42. The second kappa shape index (κ2) is 6.61. The fraction of sp³-hybridized carbons (Fsp3) is 0.583. The molecule has 0 aromatic carbocycles. The van der Waals surface area contributed by atoms with Crippen molar-refractivity contribution in [1.82, 2.24) is 4.90 Å². The lowest BCUT2D eigenvalue weighted by Crippen LogP contribution is -2.31. The minimum Gasteiger partial charge on any atom is -0.477 e. The van der Waals surface area contributed by atoms with Crippen molar-refractivity contribution < 1.29 is 9.90 Å². The molecular weight excluding hydrogens is 236 g/mol. The molecule has 1 heterocycles. The Balaban J connectivity index is 2.70. The molecule has 0 spiro atoms. The third-order valence-corrected chi connectivity index (χ3v) is 3.56. The highest BCUT2D eigenvalue weighted by Crippen LogP contribution is 2.26. The summed E-state index contributed by atoms with van der Waals surface area (Å²) in [5.41, 5.74) is 0. The van der Waals surface area contributed by atoms with Crippen LogP contribution in [-0.2, 0) is 0 Å². The van der Waals surface area contributed by atoms with Gasteiger partial charge in [0, 0.05) is 19.6 Å². The lowest BCUT2D eigenvalue weighted by molar-refractivity contribution is 0.0702. The van der Waals surface area contributed by atoms with Gasteiger partial charge in [0.05, 0.1) is 5.00 Å². The summed E-state index contributed by atoms with van der Waals surface area (Å²) in [5.74, 6) is -0.842. The smallest absolute Gasteiger partial charge is 0.345 e. The number of rotatable bonds is 7. The van der Waals surface area contributed by atoms with Crippen LogP contribution in [-0.4, -0.2) is 49.7 Å². The van der Waals surface area contributed by atoms with E-state index < -0.39 is 5.97 Å². The van der Waals surface area contributed by atoms with Gasteiger partial charge in [-0.25, -0.2) is 4.79 Å². The molecule has 0 bridgehead atoms. The molecule has 0 saturated heterocycles. The van der Waals surface area contributed by atoms with E-state index in [0.29, 0.717) is 4.88 Å². The van der Waals surface area contributed by atoms with Crippen LogP contribution in [0.15, 0.2) is 12.1 Å². The van der Waals surface area contributed by atoms with Crippen molar-refractivity contribution in [2.75, 3.05) is 38.6 Å². The molecule has 0 atom stereocenters. The molecule has 4 nitrogen and oxygen atoms in total. The van der Waals surface area contributed by atoms with Crippen LogP contribution in [0.4, 0.5) is 5.00 Å². The number of aromatic carboxylic acids is 1. The second-order valence-corrected chi connectivity index (χ2v) is 5.30. The average Bonchev–Trinajstić information content (AvgIpc) is 2.73. The first kappa shape index (κ1) is 14.0. The standard InChI is InChI=1S/C12H20N2O2S/c1-4-7-14(9-8-13(2)3)11-6-5-10(17-11)12(15)16/h5-6H,4,7-9H2,1-3H3,(H,15,16). The maximum atomic E-state index is 10.8. The van der Waals surface area contributed by atoms with Gasteiger partial charge >= 0.3 is 5.97 Å². The quantitative estimate of drug-likeness (QED) is 0.812. The van der Waals surface area contributed by atoms with Crippen LogP contribution in [0.1, 0.15) is 23.0 Å². The molecule has 1 aromatic rings. The van der Waals surface area contributed by atoms with Gasteiger partial charge in [-0.1, -0.05) is 6.92 Å². The summed E-state index contributed by atoms with van der Waals surface area (Å²) in [6, 6.07) is 3.58. The van der Waals surface area contributed by atoms with E-state index in [0.717, 1.165) is 31.1 Å². The number of likely N-dealkylation sites (N-methyl/N-ethyl adjacent to an activating group) is 1. The topological polar surface area (TPSA) is 43.8 Å². The molecule has 5 heteroatoms. The molecular formula is C12H20N2O2S. The molecule has 0 aliphatic carbocycles. The predicted molar refractivity (Wildman–Crippen MR) is 72.3 cm³/mol. The third kappa shape index (κ3) is 4.36. The molecule has 17 heavy (non-hydrogen) atoms. The van der Waals surface area contributed by atoms with Gasteiger partial charge in [-0.15, -0.1) is 11.3 Å². The zero-order valence-electron chi connectivity index (χ0n) is 10.6. The molecule has 1 N–H and O–H groups in total. The van der Waals surface area contributed by atoms with Gasteiger partial charge in [0.25, 0.3) is 0 Å². The fourth-order valence-electron chi connectivity index (χ4n) is 1.54. The fourth-order valence-corrected chi connectivity index (χ4v) is 2.43. The van der Waals surface area contributed by atoms with Crippen molar-refractivity contribution in [3.8, 4) is 0 Å². The van der Waals surface area contributed by atoms with Crippen LogP contribution < -0.4 is 4.90 Å². The van der Waals surface area contributed by atoms with Gasteiger partial charge in [-0.2, -0.15) is 0 Å². The molecule has 1 rings (SSSR count). The number of hydrogen-bond acceptors (Lipinski definition) is 4. The SMILES string of the molecule is CCCN(CCN(C)C)c1ccc(C(=O)O)s1. The van der Waals surface area contributed by atoms with E-state index in [9.17, 15) is 4.79 Å². The van der Waals surface area contributed by atoms with Crippen LogP contribution in [0.5, 0.6) is 0 Å². The lowest BCUT2D eigenvalue weighted by Gasteiger charge is -2.24.